The first kappa shape index (κ1) is 21.3. The molecule has 2 aromatic heterocycles. The summed E-state index contributed by atoms with van der Waals surface area (Å²) in [4.78, 5) is 26.2. The van der Waals surface area contributed by atoms with E-state index in [1.165, 1.54) is 15.7 Å². The van der Waals surface area contributed by atoms with E-state index in [1.807, 2.05) is 48.5 Å². The van der Waals surface area contributed by atoms with Gasteiger partial charge in [-0.15, -0.1) is 0 Å². The highest BCUT2D eigenvalue weighted by atomic mass is 16.1. The summed E-state index contributed by atoms with van der Waals surface area (Å²) in [5, 5.41) is 3.39. The van der Waals surface area contributed by atoms with Crippen LogP contribution in [0.5, 0.6) is 0 Å². The van der Waals surface area contributed by atoms with Crippen LogP contribution in [0.3, 0.4) is 0 Å². The topological polar surface area (TPSA) is 125 Å². The van der Waals surface area contributed by atoms with Gasteiger partial charge in [0.15, 0.2) is 5.65 Å². The van der Waals surface area contributed by atoms with Crippen LogP contribution in [0.2, 0.25) is 0 Å². The van der Waals surface area contributed by atoms with Crippen molar-refractivity contribution in [1.29, 1.82) is 0 Å². The lowest BCUT2D eigenvalue weighted by molar-refractivity contribution is 0.863. The van der Waals surface area contributed by atoms with E-state index in [2.05, 4.69) is 48.0 Å². The molecule has 5 N–H and O–H groups in total. The lowest BCUT2D eigenvalue weighted by Crippen LogP contribution is -2.24. The molecule has 4 rings (SSSR count). The number of fused-ring (bicyclic) bond motifs is 1. The van der Waals surface area contributed by atoms with Crippen molar-refractivity contribution in [3.05, 3.63) is 70.0 Å². The van der Waals surface area contributed by atoms with E-state index in [9.17, 15) is 4.79 Å². The maximum atomic E-state index is 13.5. The van der Waals surface area contributed by atoms with Crippen molar-refractivity contribution >= 4 is 34.4 Å². The quantitative estimate of drug-likeness (QED) is 0.431. The molecule has 8 heteroatoms. The summed E-state index contributed by atoms with van der Waals surface area (Å²) in [6, 6.07) is 15.8. The van der Waals surface area contributed by atoms with Crippen molar-refractivity contribution in [2.45, 2.75) is 39.5 Å². The van der Waals surface area contributed by atoms with Crippen molar-refractivity contribution < 1.29 is 0 Å². The van der Waals surface area contributed by atoms with E-state index in [0.717, 1.165) is 5.69 Å². The maximum Gasteiger partial charge on any atom is 0.272 e. The Balaban J connectivity index is 1.91. The first-order valence-corrected chi connectivity index (χ1v) is 10.6. The first-order chi connectivity index (χ1) is 15.2. The molecule has 2 heterocycles. The zero-order valence-electron chi connectivity index (χ0n) is 18.6. The third-order valence-corrected chi connectivity index (χ3v) is 5.43. The zero-order chi connectivity index (χ0) is 23.0. The van der Waals surface area contributed by atoms with Crippen LogP contribution in [-0.4, -0.2) is 19.5 Å². The lowest BCUT2D eigenvalue weighted by Gasteiger charge is -2.16. The van der Waals surface area contributed by atoms with Crippen molar-refractivity contribution in [3.8, 4) is 5.69 Å². The fourth-order valence-corrected chi connectivity index (χ4v) is 3.54. The monoisotopic (exact) mass is 429 g/mol. The molecule has 2 aromatic carbocycles. The number of hydrogen-bond acceptors (Lipinski definition) is 7. The van der Waals surface area contributed by atoms with Crippen LogP contribution in [0.25, 0.3) is 16.7 Å². The molecule has 0 fully saturated rings. The molecule has 0 amide bonds. The second-order valence-electron chi connectivity index (χ2n) is 8.39. The molecule has 32 heavy (non-hydrogen) atoms. The van der Waals surface area contributed by atoms with Gasteiger partial charge in [0, 0.05) is 5.69 Å². The standard InChI is InChI=1S/C24H27N7O/c1-13(2)15-5-9-17(10-6-15)27-24-30-21-19(20(25)28-23(26)29-21)22(32)31(24)18-11-7-16(8-12-18)14(3)4/h5-14H,1-4H3,(H5,25,26,27,28,29,30). The second kappa shape index (κ2) is 8.30. The largest absolute Gasteiger partial charge is 0.383 e. The number of rotatable bonds is 5. The Bertz CT molecular complexity index is 1320. The number of nitrogen functional groups attached to an aromatic ring is 2. The average Bonchev–Trinajstić information content (AvgIpc) is 2.73. The van der Waals surface area contributed by atoms with Crippen LogP contribution in [0.15, 0.2) is 53.3 Å². The zero-order valence-corrected chi connectivity index (χ0v) is 18.6. The molecular weight excluding hydrogens is 402 g/mol. The minimum absolute atomic E-state index is 0.00499. The molecule has 164 valence electrons. The molecule has 0 aliphatic rings. The summed E-state index contributed by atoms with van der Waals surface area (Å²) < 4.78 is 1.48. The van der Waals surface area contributed by atoms with Gasteiger partial charge in [-0.3, -0.25) is 4.79 Å². The van der Waals surface area contributed by atoms with E-state index in [1.54, 1.807) is 0 Å². The third kappa shape index (κ3) is 3.99. The molecule has 8 nitrogen and oxygen atoms in total. The Labute approximate surface area is 186 Å². The normalized spacial score (nSPS) is 11.4. The van der Waals surface area contributed by atoms with Gasteiger partial charge < -0.3 is 16.8 Å². The Morgan fingerprint density at radius 3 is 1.94 bits per heavy atom. The SMILES string of the molecule is CC(C)c1ccc(Nc2nc3nc(N)nc(N)c3c(=O)n2-c2ccc(C(C)C)cc2)cc1. The summed E-state index contributed by atoms with van der Waals surface area (Å²) in [5.41, 5.74) is 15.4. The fourth-order valence-electron chi connectivity index (χ4n) is 3.54. The molecular formula is C24H27N7O. The predicted molar refractivity (Wildman–Crippen MR) is 130 cm³/mol. The van der Waals surface area contributed by atoms with Gasteiger partial charge in [0.2, 0.25) is 11.9 Å². The minimum atomic E-state index is -0.369. The number of nitrogens with two attached hydrogens (primary N) is 2. The van der Waals surface area contributed by atoms with E-state index in [-0.39, 0.29) is 28.4 Å². The molecule has 0 saturated carbocycles. The van der Waals surface area contributed by atoms with Gasteiger partial charge >= 0.3 is 0 Å². The lowest BCUT2D eigenvalue weighted by atomic mass is 10.0. The fraction of sp³-hybridized carbons (Fsp3) is 0.250. The van der Waals surface area contributed by atoms with E-state index in [4.69, 9.17) is 11.5 Å². The van der Waals surface area contributed by atoms with Gasteiger partial charge in [-0.2, -0.15) is 15.0 Å². The molecule has 0 radical (unpaired) electrons. The van der Waals surface area contributed by atoms with Gasteiger partial charge in [0.05, 0.1) is 5.69 Å². The Hall–Kier alpha value is -3.94. The molecule has 0 bridgehead atoms. The Morgan fingerprint density at radius 1 is 0.812 bits per heavy atom. The first-order valence-electron chi connectivity index (χ1n) is 10.6. The molecule has 0 aliphatic heterocycles. The number of benzene rings is 2. The molecule has 0 saturated heterocycles. The van der Waals surface area contributed by atoms with Gasteiger partial charge in [0.1, 0.15) is 11.2 Å². The summed E-state index contributed by atoms with van der Waals surface area (Å²) in [6.07, 6.45) is 0. The summed E-state index contributed by atoms with van der Waals surface area (Å²) in [6.45, 7) is 8.52. The number of aromatic nitrogens is 4. The summed E-state index contributed by atoms with van der Waals surface area (Å²) in [7, 11) is 0. The molecule has 0 aliphatic carbocycles. The molecule has 0 atom stereocenters. The average molecular weight is 430 g/mol. The van der Waals surface area contributed by atoms with Gasteiger partial charge in [-0.05, 0) is 47.2 Å². The highest BCUT2D eigenvalue weighted by molar-refractivity contribution is 5.86. The van der Waals surface area contributed by atoms with Crippen LogP contribution < -0.4 is 22.3 Å². The molecule has 0 unspecified atom stereocenters. The third-order valence-electron chi connectivity index (χ3n) is 5.43. The maximum absolute atomic E-state index is 13.5. The van der Waals surface area contributed by atoms with E-state index < -0.39 is 0 Å². The number of anilines is 4. The van der Waals surface area contributed by atoms with E-state index >= 15 is 0 Å². The minimum Gasteiger partial charge on any atom is -0.383 e. The smallest absolute Gasteiger partial charge is 0.272 e. The Morgan fingerprint density at radius 2 is 1.38 bits per heavy atom. The van der Waals surface area contributed by atoms with Crippen LogP contribution in [0.4, 0.5) is 23.4 Å². The van der Waals surface area contributed by atoms with Crippen molar-refractivity contribution in [2.24, 2.45) is 0 Å². The van der Waals surface area contributed by atoms with Gasteiger partial charge in [0.25, 0.3) is 5.56 Å². The van der Waals surface area contributed by atoms with Crippen LogP contribution in [0.1, 0.15) is 50.7 Å². The number of nitrogens with zero attached hydrogens (tertiary/aromatic N) is 4. The van der Waals surface area contributed by atoms with Crippen molar-refractivity contribution in [3.63, 3.8) is 0 Å². The van der Waals surface area contributed by atoms with Gasteiger partial charge in [-0.25, -0.2) is 4.57 Å². The van der Waals surface area contributed by atoms with Crippen LogP contribution in [-0.2, 0) is 0 Å². The Kier molecular flexibility index (Phi) is 5.52. The highest BCUT2D eigenvalue weighted by Crippen LogP contribution is 2.24. The molecule has 0 spiro atoms. The van der Waals surface area contributed by atoms with Crippen LogP contribution >= 0.6 is 0 Å². The highest BCUT2D eigenvalue weighted by Gasteiger charge is 2.18. The molecule has 4 aromatic rings. The summed E-state index contributed by atoms with van der Waals surface area (Å²) in [5.74, 6) is 1.08. The predicted octanol–water partition coefficient (Wildman–Crippen LogP) is 4.33. The van der Waals surface area contributed by atoms with Crippen molar-refractivity contribution in [2.75, 3.05) is 16.8 Å². The number of hydrogen-bond donors (Lipinski definition) is 3. The second-order valence-corrected chi connectivity index (χ2v) is 8.39. The van der Waals surface area contributed by atoms with Crippen LogP contribution in [0, 0.1) is 0 Å². The van der Waals surface area contributed by atoms with Gasteiger partial charge in [-0.1, -0.05) is 52.0 Å². The van der Waals surface area contributed by atoms with Crippen molar-refractivity contribution in [1.82, 2.24) is 19.5 Å². The summed E-state index contributed by atoms with van der Waals surface area (Å²) >= 11 is 0. The number of nitrogens with one attached hydrogen (secondary N) is 1. The van der Waals surface area contributed by atoms with E-state index in [0.29, 0.717) is 23.5 Å².